The van der Waals surface area contributed by atoms with E-state index in [1.807, 2.05) is 43.3 Å². The van der Waals surface area contributed by atoms with Gasteiger partial charge in [-0.3, -0.25) is 4.79 Å². The summed E-state index contributed by atoms with van der Waals surface area (Å²) in [5, 5.41) is 3.63. The van der Waals surface area contributed by atoms with E-state index in [0.29, 0.717) is 17.1 Å². The van der Waals surface area contributed by atoms with Crippen LogP contribution in [0.1, 0.15) is 16.1 Å². The third kappa shape index (κ3) is 2.94. The molecule has 0 spiro atoms. The summed E-state index contributed by atoms with van der Waals surface area (Å²) >= 11 is 4.20. The summed E-state index contributed by atoms with van der Waals surface area (Å²) in [7, 11) is 0. The molecular weight excluding hydrogens is 298 g/mol. The molecule has 0 atom stereocenters. The van der Waals surface area contributed by atoms with E-state index < -0.39 is 0 Å². The Morgan fingerprint density at radius 1 is 1.18 bits per heavy atom. The van der Waals surface area contributed by atoms with Crippen LogP contribution in [0.4, 0.5) is 0 Å². The summed E-state index contributed by atoms with van der Waals surface area (Å²) in [5.74, 6) is 0.689. The summed E-state index contributed by atoms with van der Waals surface area (Å²) in [4.78, 5) is 13.0. The maximum absolute atomic E-state index is 12.2. The largest absolute Gasteiger partial charge is 0.473 e. The maximum atomic E-state index is 12.2. The van der Waals surface area contributed by atoms with Gasteiger partial charge in [0.05, 0.1) is 0 Å². The zero-order valence-electron chi connectivity index (χ0n) is 12.0. The van der Waals surface area contributed by atoms with E-state index in [-0.39, 0.29) is 12.6 Å². The van der Waals surface area contributed by atoms with Gasteiger partial charge in [0.15, 0.2) is 12.5 Å². The number of amides is 1. The van der Waals surface area contributed by atoms with E-state index in [9.17, 15) is 4.79 Å². The zero-order valence-corrected chi connectivity index (χ0v) is 12.9. The molecule has 0 fully saturated rings. The Bertz CT molecular complexity index is 808. The number of fused-ring (bicyclic) bond motifs is 1. The van der Waals surface area contributed by atoms with Crippen molar-refractivity contribution in [3.8, 4) is 5.75 Å². The number of carbonyl (C=O) groups excluding carboxylic acids is 1. The molecule has 5 heteroatoms. The van der Waals surface area contributed by atoms with Gasteiger partial charge in [0, 0.05) is 15.8 Å². The number of nitrogens with one attached hydrogen (secondary N) is 1. The Morgan fingerprint density at radius 3 is 2.64 bits per heavy atom. The first-order valence-electron chi connectivity index (χ1n) is 6.83. The minimum Gasteiger partial charge on any atom is -0.473 e. The fraction of sp³-hybridized carbons (Fsp3) is 0.118. The van der Waals surface area contributed by atoms with Crippen LogP contribution in [0.2, 0.25) is 0 Å². The van der Waals surface area contributed by atoms with Crippen molar-refractivity contribution in [3.63, 3.8) is 0 Å². The minimum absolute atomic E-state index is 0.0707. The first kappa shape index (κ1) is 14.5. The second-order valence-corrected chi connectivity index (χ2v) is 5.36. The Kier molecular flexibility index (Phi) is 4.06. The predicted octanol–water partition coefficient (Wildman–Crippen LogP) is 3.80. The van der Waals surface area contributed by atoms with Gasteiger partial charge in [-0.05, 0) is 37.3 Å². The third-order valence-corrected chi connectivity index (χ3v) is 3.66. The van der Waals surface area contributed by atoms with Crippen molar-refractivity contribution in [2.75, 3.05) is 6.73 Å². The van der Waals surface area contributed by atoms with Crippen molar-refractivity contribution < 1.29 is 13.9 Å². The highest BCUT2D eigenvalue weighted by Gasteiger charge is 2.16. The molecule has 22 heavy (non-hydrogen) atoms. The summed E-state index contributed by atoms with van der Waals surface area (Å²) in [5.41, 5.74) is 1.53. The molecule has 2 aromatic carbocycles. The van der Waals surface area contributed by atoms with Gasteiger partial charge in [-0.1, -0.05) is 18.2 Å². The lowest BCUT2D eigenvalue weighted by Crippen LogP contribution is -2.27. The maximum Gasteiger partial charge on any atom is 0.289 e. The number of rotatable bonds is 4. The average Bonchev–Trinajstić information content (AvgIpc) is 2.87. The highest BCUT2D eigenvalue weighted by Crippen LogP contribution is 2.24. The van der Waals surface area contributed by atoms with Crippen molar-refractivity contribution in [2.24, 2.45) is 0 Å². The number of carbonyl (C=O) groups is 1. The molecule has 3 rings (SSSR count). The highest BCUT2D eigenvalue weighted by atomic mass is 32.1. The van der Waals surface area contributed by atoms with Crippen molar-refractivity contribution in [1.29, 1.82) is 0 Å². The van der Waals surface area contributed by atoms with Crippen LogP contribution in [0.5, 0.6) is 5.75 Å². The normalized spacial score (nSPS) is 10.6. The SMILES string of the molecule is Cc1c(C(=O)NCOc2ccc(S)cc2)oc2ccccc12. The molecule has 1 amide bonds. The standard InChI is InChI=1S/C17H15NO3S/c1-11-14-4-2-3-5-15(14)21-16(11)17(19)18-10-20-12-6-8-13(22)9-7-12/h2-9,22H,10H2,1H3,(H,18,19). The number of para-hydroxylation sites is 1. The van der Waals surface area contributed by atoms with Gasteiger partial charge in [-0.15, -0.1) is 12.6 Å². The Balaban J connectivity index is 1.66. The van der Waals surface area contributed by atoms with Crippen LogP contribution in [-0.4, -0.2) is 12.6 Å². The molecular formula is C17H15NO3S. The van der Waals surface area contributed by atoms with Crippen LogP contribution in [0.25, 0.3) is 11.0 Å². The molecule has 0 radical (unpaired) electrons. The number of thiol groups is 1. The van der Waals surface area contributed by atoms with Gasteiger partial charge in [0.2, 0.25) is 0 Å². The molecule has 112 valence electrons. The third-order valence-electron chi connectivity index (χ3n) is 3.36. The van der Waals surface area contributed by atoms with Crippen molar-refractivity contribution in [1.82, 2.24) is 5.32 Å². The number of hydrogen-bond donors (Lipinski definition) is 2. The van der Waals surface area contributed by atoms with Gasteiger partial charge in [-0.25, -0.2) is 0 Å². The summed E-state index contributed by atoms with van der Waals surface area (Å²) < 4.78 is 11.1. The van der Waals surface area contributed by atoms with Crippen molar-refractivity contribution in [2.45, 2.75) is 11.8 Å². The first-order valence-corrected chi connectivity index (χ1v) is 7.28. The lowest BCUT2D eigenvalue weighted by atomic mass is 10.1. The molecule has 0 aliphatic carbocycles. The molecule has 3 aromatic rings. The fourth-order valence-electron chi connectivity index (χ4n) is 2.20. The topological polar surface area (TPSA) is 51.5 Å². The van der Waals surface area contributed by atoms with E-state index in [1.54, 1.807) is 12.1 Å². The van der Waals surface area contributed by atoms with Gasteiger partial charge in [0.25, 0.3) is 5.91 Å². The van der Waals surface area contributed by atoms with E-state index in [2.05, 4.69) is 17.9 Å². The molecule has 1 aromatic heterocycles. The first-order chi connectivity index (χ1) is 10.6. The summed E-state index contributed by atoms with van der Waals surface area (Å²) in [6.07, 6.45) is 0. The number of ether oxygens (including phenoxy) is 1. The Morgan fingerprint density at radius 2 is 1.91 bits per heavy atom. The second-order valence-electron chi connectivity index (χ2n) is 4.84. The Labute approximate surface area is 133 Å². The molecule has 1 N–H and O–H groups in total. The highest BCUT2D eigenvalue weighted by molar-refractivity contribution is 7.80. The molecule has 0 saturated heterocycles. The fourth-order valence-corrected chi connectivity index (χ4v) is 2.35. The molecule has 0 unspecified atom stereocenters. The molecule has 4 nitrogen and oxygen atoms in total. The van der Waals surface area contributed by atoms with Crippen LogP contribution >= 0.6 is 12.6 Å². The zero-order chi connectivity index (χ0) is 15.5. The van der Waals surface area contributed by atoms with Crippen LogP contribution < -0.4 is 10.1 Å². The van der Waals surface area contributed by atoms with Gasteiger partial charge in [-0.2, -0.15) is 0 Å². The molecule has 0 saturated carbocycles. The van der Waals surface area contributed by atoms with Crippen LogP contribution in [0.3, 0.4) is 0 Å². The smallest absolute Gasteiger partial charge is 0.289 e. The minimum atomic E-state index is -0.292. The van der Waals surface area contributed by atoms with Gasteiger partial charge in [0.1, 0.15) is 11.3 Å². The molecule has 1 heterocycles. The van der Waals surface area contributed by atoms with Crippen LogP contribution in [-0.2, 0) is 0 Å². The summed E-state index contributed by atoms with van der Waals surface area (Å²) in [6, 6.07) is 14.8. The number of furan rings is 1. The molecule has 0 aliphatic rings. The molecule has 0 bridgehead atoms. The van der Waals surface area contributed by atoms with Crippen LogP contribution in [0, 0.1) is 6.92 Å². The van der Waals surface area contributed by atoms with Gasteiger partial charge < -0.3 is 14.5 Å². The lowest BCUT2D eigenvalue weighted by molar-refractivity contribution is 0.0892. The number of aryl methyl sites for hydroxylation is 1. The predicted molar refractivity (Wildman–Crippen MR) is 87.6 cm³/mol. The van der Waals surface area contributed by atoms with E-state index >= 15 is 0 Å². The molecule has 0 aliphatic heterocycles. The second kappa shape index (κ2) is 6.15. The van der Waals surface area contributed by atoms with Crippen LogP contribution in [0.15, 0.2) is 57.8 Å². The summed E-state index contributed by atoms with van der Waals surface area (Å²) in [6.45, 7) is 1.94. The number of benzene rings is 2. The van der Waals surface area contributed by atoms with Gasteiger partial charge >= 0.3 is 0 Å². The Hall–Kier alpha value is -2.40. The van der Waals surface area contributed by atoms with E-state index in [4.69, 9.17) is 9.15 Å². The van der Waals surface area contributed by atoms with E-state index in [1.165, 1.54) is 0 Å². The van der Waals surface area contributed by atoms with Crippen molar-refractivity contribution in [3.05, 3.63) is 59.9 Å². The quantitative estimate of drug-likeness (QED) is 0.569. The van der Waals surface area contributed by atoms with Crippen molar-refractivity contribution >= 4 is 29.5 Å². The van der Waals surface area contributed by atoms with E-state index in [0.717, 1.165) is 15.8 Å². The monoisotopic (exact) mass is 313 g/mol. The lowest BCUT2D eigenvalue weighted by Gasteiger charge is -2.07. The average molecular weight is 313 g/mol. The number of hydrogen-bond acceptors (Lipinski definition) is 4.